The highest BCUT2D eigenvalue weighted by atomic mass is 16.6. The number of rotatable bonds is 6. The predicted octanol–water partition coefficient (Wildman–Crippen LogP) is 4.12. The van der Waals surface area contributed by atoms with E-state index < -0.39 is 5.60 Å². The van der Waals surface area contributed by atoms with Crippen LogP contribution in [0.25, 0.3) is 0 Å². The first-order valence-corrected chi connectivity index (χ1v) is 9.24. The summed E-state index contributed by atoms with van der Waals surface area (Å²) < 4.78 is 11.4. The van der Waals surface area contributed by atoms with E-state index in [0.717, 1.165) is 37.9 Å². The molecule has 0 radical (unpaired) electrons. The summed E-state index contributed by atoms with van der Waals surface area (Å²) >= 11 is 0. The summed E-state index contributed by atoms with van der Waals surface area (Å²) in [7, 11) is 0. The second kappa shape index (κ2) is 9.13. The average molecular weight is 349 g/mol. The first kappa shape index (κ1) is 19.6. The maximum absolute atomic E-state index is 12.4. The third-order valence-corrected chi connectivity index (χ3v) is 4.30. The quantitative estimate of drug-likeness (QED) is 0.723. The second-order valence-electron chi connectivity index (χ2n) is 7.61. The number of hydrogen-bond donors (Lipinski definition) is 0. The lowest BCUT2D eigenvalue weighted by Gasteiger charge is -2.37. The maximum atomic E-state index is 12.4. The van der Waals surface area contributed by atoms with Crippen LogP contribution in [0.4, 0.5) is 4.79 Å². The van der Waals surface area contributed by atoms with Crippen LogP contribution in [0.15, 0.2) is 18.6 Å². The van der Waals surface area contributed by atoms with E-state index in [0.29, 0.717) is 6.61 Å². The Hall–Kier alpha value is -1.69. The molecule has 1 aliphatic rings. The Kier molecular flexibility index (Phi) is 7.17. The zero-order valence-corrected chi connectivity index (χ0v) is 15.9. The van der Waals surface area contributed by atoms with Crippen LogP contribution in [0.3, 0.4) is 0 Å². The van der Waals surface area contributed by atoms with Crippen molar-refractivity contribution in [3.63, 3.8) is 0 Å². The number of carbonyl (C=O) groups is 1. The van der Waals surface area contributed by atoms with Gasteiger partial charge >= 0.3 is 6.09 Å². The Labute approximate surface area is 150 Å². The summed E-state index contributed by atoms with van der Waals surface area (Å²) in [6, 6.07) is 0.249. The molecule has 1 amide bonds. The molecule has 1 fully saturated rings. The van der Waals surface area contributed by atoms with Gasteiger partial charge in [0.15, 0.2) is 0 Å². The van der Waals surface area contributed by atoms with E-state index in [1.165, 1.54) is 6.42 Å². The molecule has 2 rings (SSSR count). The molecule has 0 bridgehead atoms. The SMILES string of the molecule is CC(OCCCC1CCCCN1C(=O)OC(C)(C)C)c1cnccn1. The van der Waals surface area contributed by atoms with Gasteiger partial charge in [0, 0.05) is 31.6 Å². The minimum Gasteiger partial charge on any atom is -0.444 e. The molecule has 0 N–H and O–H groups in total. The van der Waals surface area contributed by atoms with Crippen LogP contribution in [0.5, 0.6) is 0 Å². The van der Waals surface area contributed by atoms with E-state index in [1.54, 1.807) is 18.6 Å². The molecule has 1 saturated heterocycles. The van der Waals surface area contributed by atoms with Crippen LogP contribution in [0.2, 0.25) is 0 Å². The summed E-state index contributed by atoms with van der Waals surface area (Å²) in [5.74, 6) is 0. The largest absolute Gasteiger partial charge is 0.444 e. The van der Waals surface area contributed by atoms with Crippen molar-refractivity contribution in [1.82, 2.24) is 14.9 Å². The number of carbonyl (C=O) groups excluding carboxylic acids is 1. The Morgan fingerprint density at radius 2 is 2.16 bits per heavy atom. The minimum atomic E-state index is -0.450. The Balaban J connectivity index is 1.77. The molecule has 1 aromatic rings. The molecule has 2 atom stereocenters. The zero-order chi connectivity index (χ0) is 18.3. The van der Waals surface area contributed by atoms with Crippen LogP contribution < -0.4 is 0 Å². The number of likely N-dealkylation sites (tertiary alicyclic amines) is 1. The molecule has 1 aliphatic heterocycles. The highest BCUT2D eigenvalue weighted by Crippen LogP contribution is 2.24. The van der Waals surface area contributed by atoms with Crippen molar-refractivity contribution in [2.75, 3.05) is 13.2 Å². The molecular weight excluding hydrogens is 318 g/mol. The van der Waals surface area contributed by atoms with Crippen molar-refractivity contribution in [3.05, 3.63) is 24.3 Å². The number of nitrogens with zero attached hydrogens (tertiary/aromatic N) is 3. The zero-order valence-electron chi connectivity index (χ0n) is 15.9. The predicted molar refractivity (Wildman–Crippen MR) is 96.2 cm³/mol. The first-order valence-electron chi connectivity index (χ1n) is 9.24. The van der Waals surface area contributed by atoms with E-state index in [2.05, 4.69) is 9.97 Å². The third-order valence-electron chi connectivity index (χ3n) is 4.30. The summed E-state index contributed by atoms with van der Waals surface area (Å²) in [6.45, 7) is 9.15. The summed E-state index contributed by atoms with van der Waals surface area (Å²) in [5, 5.41) is 0. The second-order valence-corrected chi connectivity index (χ2v) is 7.61. The van der Waals surface area contributed by atoms with Crippen molar-refractivity contribution in [3.8, 4) is 0 Å². The smallest absolute Gasteiger partial charge is 0.410 e. The van der Waals surface area contributed by atoms with Crippen molar-refractivity contribution in [1.29, 1.82) is 0 Å². The van der Waals surface area contributed by atoms with Crippen molar-refractivity contribution >= 4 is 6.09 Å². The number of piperidine rings is 1. The van der Waals surface area contributed by atoms with Gasteiger partial charge in [-0.15, -0.1) is 0 Å². The fraction of sp³-hybridized carbons (Fsp3) is 0.737. The highest BCUT2D eigenvalue weighted by molar-refractivity contribution is 5.68. The molecular formula is C19H31N3O3. The van der Waals surface area contributed by atoms with Crippen molar-refractivity contribution in [2.45, 2.75) is 77.5 Å². The van der Waals surface area contributed by atoms with Gasteiger partial charge in [0.05, 0.1) is 18.0 Å². The maximum Gasteiger partial charge on any atom is 0.410 e. The topological polar surface area (TPSA) is 64.5 Å². The van der Waals surface area contributed by atoms with Crippen LogP contribution in [0, 0.1) is 0 Å². The van der Waals surface area contributed by atoms with Gasteiger partial charge in [-0.1, -0.05) is 0 Å². The minimum absolute atomic E-state index is 0.0676. The lowest BCUT2D eigenvalue weighted by atomic mass is 9.98. The van der Waals surface area contributed by atoms with E-state index in [9.17, 15) is 4.79 Å². The third kappa shape index (κ3) is 6.61. The first-order chi connectivity index (χ1) is 11.9. The summed E-state index contributed by atoms with van der Waals surface area (Å²) in [4.78, 5) is 22.6. The van der Waals surface area contributed by atoms with Crippen molar-refractivity contribution in [2.24, 2.45) is 0 Å². The van der Waals surface area contributed by atoms with Gasteiger partial charge in [0.1, 0.15) is 5.60 Å². The number of aromatic nitrogens is 2. The van der Waals surface area contributed by atoms with Crippen LogP contribution in [-0.4, -0.2) is 45.8 Å². The standard InChI is InChI=1S/C19H31N3O3/c1-15(17-14-20-10-11-21-17)24-13-7-9-16-8-5-6-12-22(16)18(23)25-19(2,3)4/h10-11,14-16H,5-9,12-13H2,1-4H3. The summed E-state index contributed by atoms with van der Waals surface area (Å²) in [5.41, 5.74) is 0.393. The van der Waals surface area contributed by atoms with Gasteiger partial charge in [-0.3, -0.25) is 9.97 Å². The van der Waals surface area contributed by atoms with Crippen molar-refractivity contribution < 1.29 is 14.3 Å². The molecule has 6 heteroatoms. The van der Waals surface area contributed by atoms with Crippen LogP contribution in [-0.2, 0) is 9.47 Å². The molecule has 2 unspecified atom stereocenters. The highest BCUT2D eigenvalue weighted by Gasteiger charge is 2.30. The van der Waals surface area contributed by atoms with Gasteiger partial charge in [0.25, 0.3) is 0 Å². The van der Waals surface area contributed by atoms with E-state index in [4.69, 9.17) is 9.47 Å². The number of ether oxygens (including phenoxy) is 2. The van der Waals surface area contributed by atoms with E-state index >= 15 is 0 Å². The molecule has 1 aromatic heterocycles. The lowest BCUT2D eigenvalue weighted by Crippen LogP contribution is -2.46. The Bertz CT molecular complexity index is 530. The molecule has 25 heavy (non-hydrogen) atoms. The Morgan fingerprint density at radius 3 is 2.84 bits per heavy atom. The molecule has 6 nitrogen and oxygen atoms in total. The van der Waals surface area contributed by atoms with E-state index in [-0.39, 0.29) is 18.2 Å². The van der Waals surface area contributed by atoms with E-state index in [1.807, 2.05) is 32.6 Å². The lowest BCUT2D eigenvalue weighted by molar-refractivity contribution is 0.00580. The molecule has 140 valence electrons. The average Bonchev–Trinajstić information content (AvgIpc) is 2.58. The molecule has 0 aliphatic carbocycles. The molecule has 0 spiro atoms. The van der Waals surface area contributed by atoms with Gasteiger partial charge in [-0.25, -0.2) is 4.79 Å². The molecule has 2 heterocycles. The monoisotopic (exact) mass is 349 g/mol. The Morgan fingerprint density at radius 1 is 1.36 bits per heavy atom. The molecule has 0 saturated carbocycles. The van der Waals surface area contributed by atoms with Crippen LogP contribution in [0.1, 0.15) is 71.6 Å². The molecule has 0 aromatic carbocycles. The fourth-order valence-corrected chi connectivity index (χ4v) is 3.05. The van der Waals surface area contributed by atoms with Gasteiger partial charge in [0.2, 0.25) is 0 Å². The van der Waals surface area contributed by atoms with Gasteiger partial charge < -0.3 is 14.4 Å². The summed E-state index contributed by atoms with van der Waals surface area (Å²) in [6.07, 6.45) is 9.92. The van der Waals surface area contributed by atoms with Crippen LogP contribution >= 0.6 is 0 Å². The normalized spacial score (nSPS) is 19.5. The fourth-order valence-electron chi connectivity index (χ4n) is 3.05. The number of amides is 1. The van der Waals surface area contributed by atoms with Gasteiger partial charge in [-0.05, 0) is 59.8 Å². The van der Waals surface area contributed by atoms with Gasteiger partial charge in [-0.2, -0.15) is 0 Å². The number of hydrogen-bond acceptors (Lipinski definition) is 5.